The van der Waals surface area contributed by atoms with E-state index < -0.39 is 17.3 Å². The summed E-state index contributed by atoms with van der Waals surface area (Å²) >= 11 is 0. The van der Waals surface area contributed by atoms with Crippen molar-refractivity contribution in [2.75, 3.05) is 13.1 Å². The minimum absolute atomic E-state index is 0.0995. The largest absolute Gasteiger partial charge is 0.481 e. The zero-order valence-corrected chi connectivity index (χ0v) is 13.9. The Morgan fingerprint density at radius 3 is 2.74 bits per heavy atom. The first kappa shape index (κ1) is 16.0. The normalized spacial score (nSPS) is 30.6. The van der Waals surface area contributed by atoms with E-state index in [2.05, 4.69) is 12.1 Å². The van der Waals surface area contributed by atoms with Gasteiger partial charge < -0.3 is 10.0 Å². The van der Waals surface area contributed by atoms with Crippen molar-refractivity contribution in [1.82, 2.24) is 4.90 Å². The lowest BCUT2D eigenvalue weighted by molar-refractivity contribution is -0.148. The molecule has 0 radical (unpaired) electrons. The van der Waals surface area contributed by atoms with Crippen molar-refractivity contribution in [3.05, 3.63) is 35.4 Å². The van der Waals surface area contributed by atoms with Crippen LogP contribution in [0.15, 0.2) is 24.3 Å². The smallest absolute Gasteiger partial charge is 0.308 e. The maximum Gasteiger partial charge on any atom is 0.308 e. The number of benzene rings is 1. The lowest BCUT2D eigenvalue weighted by Crippen LogP contribution is -2.53. The summed E-state index contributed by atoms with van der Waals surface area (Å²) in [7, 11) is 0. The van der Waals surface area contributed by atoms with Crippen molar-refractivity contribution < 1.29 is 14.7 Å². The molecule has 2 aliphatic rings. The Morgan fingerprint density at radius 2 is 2.00 bits per heavy atom. The highest BCUT2D eigenvalue weighted by Gasteiger charge is 2.43. The summed E-state index contributed by atoms with van der Waals surface area (Å²) in [6.07, 6.45) is 3.52. The number of aryl methyl sites for hydroxylation is 1. The zero-order chi connectivity index (χ0) is 16.6. The van der Waals surface area contributed by atoms with Crippen LogP contribution in [0.4, 0.5) is 0 Å². The third-order valence-electron chi connectivity index (χ3n) is 5.50. The number of carboxylic acids is 1. The second-order valence-electron chi connectivity index (χ2n) is 7.43. The van der Waals surface area contributed by atoms with Gasteiger partial charge in [-0.3, -0.25) is 9.59 Å². The molecule has 1 aliphatic heterocycles. The minimum Gasteiger partial charge on any atom is -0.481 e. The van der Waals surface area contributed by atoms with Gasteiger partial charge in [0.05, 0.1) is 11.3 Å². The third-order valence-corrected chi connectivity index (χ3v) is 5.50. The van der Waals surface area contributed by atoms with E-state index in [-0.39, 0.29) is 11.8 Å². The van der Waals surface area contributed by atoms with Crippen LogP contribution in [-0.2, 0) is 21.4 Å². The average molecular weight is 315 g/mol. The van der Waals surface area contributed by atoms with Gasteiger partial charge in [-0.1, -0.05) is 31.2 Å². The Bertz CT molecular complexity index is 627. The molecule has 124 valence electrons. The summed E-state index contributed by atoms with van der Waals surface area (Å²) in [6, 6.07) is 8.19. The topological polar surface area (TPSA) is 57.6 Å². The standard InChI is InChI=1S/C19H25NO3/c1-13-10-15(17(21)22)12-20(11-13)18(23)19(2)9-5-7-14-6-3-4-8-16(14)19/h3-4,6,8,13,15H,5,7,9-12H2,1-2H3,(H,21,22). The van der Waals surface area contributed by atoms with Gasteiger partial charge in [0, 0.05) is 13.1 Å². The Morgan fingerprint density at radius 1 is 1.26 bits per heavy atom. The molecule has 3 unspecified atom stereocenters. The number of likely N-dealkylation sites (tertiary alicyclic amines) is 1. The van der Waals surface area contributed by atoms with E-state index in [0.717, 1.165) is 24.8 Å². The number of hydrogen-bond donors (Lipinski definition) is 1. The van der Waals surface area contributed by atoms with Crippen LogP contribution in [0, 0.1) is 11.8 Å². The van der Waals surface area contributed by atoms with Gasteiger partial charge >= 0.3 is 5.97 Å². The Hall–Kier alpha value is -1.84. The Kier molecular flexibility index (Phi) is 4.17. The van der Waals surface area contributed by atoms with Crippen LogP contribution in [0.1, 0.15) is 44.2 Å². The summed E-state index contributed by atoms with van der Waals surface area (Å²) in [5.74, 6) is -0.896. The van der Waals surface area contributed by atoms with Crippen molar-refractivity contribution in [2.45, 2.75) is 44.9 Å². The van der Waals surface area contributed by atoms with Crippen LogP contribution in [0.25, 0.3) is 0 Å². The van der Waals surface area contributed by atoms with Crippen LogP contribution >= 0.6 is 0 Å². The van der Waals surface area contributed by atoms with Gasteiger partial charge in [0.15, 0.2) is 0 Å². The van der Waals surface area contributed by atoms with E-state index in [1.165, 1.54) is 5.56 Å². The summed E-state index contributed by atoms with van der Waals surface area (Å²) in [5, 5.41) is 9.35. The van der Waals surface area contributed by atoms with Gasteiger partial charge in [0.1, 0.15) is 0 Å². The highest BCUT2D eigenvalue weighted by molar-refractivity contribution is 5.89. The maximum absolute atomic E-state index is 13.3. The molecule has 3 rings (SSSR count). The molecule has 1 aliphatic carbocycles. The van der Waals surface area contributed by atoms with Gasteiger partial charge in [-0.05, 0) is 49.7 Å². The van der Waals surface area contributed by atoms with Crippen LogP contribution in [0.3, 0.4) is 0 Å². The fourth-order valence-electron chi connectivity index (χ4n) is 4.31. The molecule has 1 saturated heterocycles. The van der Waals surface area contributed by atoms with E-state index in [1.807, 2.05) is 26.0 Å². The number of rotatable bonds is 2. The Labute approximate surface area is 137 Å². The molecule has 0 bridgehead atoms. The number of carboxylic acid groups (broad SMARTS) is 1. The van der Waals surface area contributed by atoms with E-state index >= 15 is 0 Å². The number of amides is 1. The number of piperidine rings is 1. The molecule has 1 amide bonds. The molecule has 1 aromatic carbocycles. The number of fused-ring (bicyclic) bond motifs is 1. The second-order valence-corrected chi connectivity index (χ2v) is 7.43. The van der Waals surface area contributed by atoms with Crippen molar-refractivity contribution in [3.63, 3.8) is 0 Å². The molecule has 4 heteroatoms. The van der Waals surface area contributed by atoms with Gasteiger partial charge in [-0.15, -0.1) is 0 Å². The van der Waals surface area contributed by atoms with Crippen LogP contribution in [0.2, 0.25) is 0 Å². The number of aliphatic carboxylic acids is 1. The van der Waals surface area contributed by atoms with Crippen LogP contribution < -0.4 is 0 Å². The van der Waals surface area contributed by atoms with E-state index in [1.54, 1.807) is 4.90 Å². The van der Waals surface area contributed by atoms with E-state index in [9.17, 15) is 14.7 Å². The van der Waals surface area contributed by atoms with Crippen molar-refractivity contribution >= 4 is 11.9 Å². The average Bonchev–Trinajstić information content (AvgIpc) is 2.54. The highest BCUT2D eigenvalue weighted by atomic mass is 16.4. The van der Waals surface area contributed by atoms with Crippen molar-refractivity contribution in [1.29, 1.82) is 0 Å². The number of carbonyl (C=O) groups is 2. The monoisotopic (exact) mass is 315 g/mol. The quantitative estimate of drug-likeness (QED) is 0.913. The number of nitrogens with zero attached hydrogens (tertiary/aromatic N) is 1. The fraction of sp³-hybridized carbons (Fsp3) is 0.579. The van der Waals surface area contributed by atoms with Gasteiger partial charge in [0.25, 0.3) is 0 Å². The van der Waals surface area contributed by atoms with Gasteiger partial charge in [0.2, 0.25) is 5.91 Å². The molecule has 3 atom stereocenters. The van der Waals surface area contributed by atoms with Gasteiger partial charge in [-0.2, -0.15) is 0 Å². The second kappa shape index (κ2) is 5.99. The summed E-state index contributed by atoms with van der Waals surface area (Å²) in [5.41, 5.74) is 1.87. The first-order valence-electron chi connectivity index (χ1n) is 8.52. The molecule has 1 heterocycles. The van der Waals surface area contributed by atoms with E-state index in [4.69, 9.17) is 0 Å². The molecule has 0 saturated carbocycles. The summed E-state index contributed by atoms with van der Waals surface area (Å²) in [4.78, 5) is 26.5. The maximum atomic E-state index is 13.3. The number of carbonyl (C=O) groups excluding carboxylic acids is 1. The van der Waals surface area contributed by atoms with Crippen molar-refractivity contribution in [3.8, 4) is 0 Å². The molecule has 0 spiro atoms. The SMILES string of the molecule is CC1CC(C(=O)O)CN(C(=O)C2(C)CCCc3ccccc32)C1. The predicted molar refractivity (Wildman–Crippen MR) is 88.2 cm³/mol. The Balaban J connectivity index is 1.89. The predicted octanol–water partition coefficient (Wildman–Crippen LogP) is 2.85. The van der Waals surface area contributed by atoms with Crippen molar-refractivity contribution in [2.24, 2.45) is 11.8 Å². The fourth-order valence-corrected chi connectivity index (χ4v) is 4.31. The third kappa shape index (κ3) is 2.87. The van der Waals surface area contributed by atoms with Crippen LogP contribution in [-0.4, -0.2) is 35.0 Å². The molecule has 1 N–H and O–H groups in total. The molecular formula is C19H25NO3. The lowest BCUT2D eigenvalue weighted by Gasteiger charge is -2.42. The lowest BCUT2D eigenvalue weighted by atomic mass is 9.70. The van der Waals surface area contributed by atoms with Gasteiger partial charge in [-0.25, -0.2) is 0 Å². The molecule has 23 heavy (non-hydrogen) atoms. The highest BCUT2D eigenvalue weighted by Crippen LogP contribution is 2.39. The molecule has 1 aromatic rings. The molecular weight excluding hydrogens is 290 g/mol. The number of hydrogen-bond acceptors (Lipinski definition) is 2. The van der Waals surface area contributed by atoms with Crippen LogP contribution in [0.5, 0.6) is 0 Å². The summed E-state index contributed by atoms with van der Waals surface area (Å²) in [6.45, 7) is 5.07. The first-order chi connectivity index (χ1) is 10.9. The summed E-state index contributed by atoms with van der Waals surface area (Å²) < 4.78 is 0. The molecule has 0 aromatic heterocycles. The van der Waals surface area contributed by atoms with E-state index in [0.29, 0.717) is 19.5 Å². The first-order valence-corrected chi connectivity index (χ1v) is 8.52. The zero-order valence-electron chi connectivity index (χ0n) is 13.9. The minimum atomic E-state index is -0.788. The molecule has 1 fully saturated rings. The molecule has 4 nitrogen and oxygen atoms in total.